The molecule has 2 rings (SSSR count). The molecule has 1 aromatic heterocycles. The van der Waals surface area contributed by atoms with E-state index in [0.29, 0.717) is 5.16 Å². The molecule has 2 aromatic rings. The maximum absolute atomic E-state index is 12.4. The molecule has 0 aliphatic rings. The second kappa shape index (κ2) is 8.05. The number of nitrogens with one attached hydrogen (secondary N) is 1. The second-order valence-corrected chi connectivity index (χ2v) is 5.96. The van der Waals surface area contributed by atoms with Crippen molar-refractivity contribution in [2.24, 2.45) is 0 Å². The molecule has 0 aliphatic heterocycles. The molecule has 1 aromatic carbocycles. The monoisotopic (exact) mass is 353 g/mol. The number of alkyl halides is 2. The van der Waals surface area contributed by atoms with E-state index in [-0.39, 0.29) is 23.1 Å². The van der Waals surface area contributed by atoms with Crippen molar-refractivity contribution in [2.75, 3.05) is 11.1 Å². The van der Waals surface area contributed by atoms with Crippen molar-refractivity contribution in [3.8, 4) is 5.75 Å². The molecule has 0 bridgehead atoms. The van der Waals surface area contributed by atoms with Crippen molar-refractivity contribution in [3.63, 3.8) is 0 Å². The normalized spacial score (nSPS) is 10.8. The first kappa shape index (κ1) is 18.1. The van der Waals surface area contributed by atoms with Gasteiger partial charge in [-0.25, -0.2) is 9.97 Å². The van der Waals surface area contributed by atoms with E-state index in [9.17, 15) is 13.6 Å². The van der Waals surface area contributed by atoms with Crippen molar-refractivity contribution in [3.05, 3.63) is 41.2 Å². The van der Waals surface area contributed by atoms with Gasteiger partial charge in [0.2, 0.25) is 5.91 Å². The molecular formula is C16H17F2N3O2S. The minimum absolute atomic E-state index is 0.0605. The standard InChI is InChI=1S/C16H17F2N3O2S/c1-9-10(2)19-16(20-11(9)3)24-8-14(22)21-12-6-4-5-7-13(12)23-15(17)18/h4-7,15H,8H2,1-3H3,(H,21,22). The van der Waals surface area contributed by atoms with Gasteiger partial charge >= 0.3 is 6.61 Å². The van der Waals surface area contributed by atoms with Crippen LogP contribution in [0.5, 0.6) is 5.75 Å². The van der Waals surface area contributed by atoms with Gasteiger partial charge in [-0.3, -0.25) is 4.79 Å². The fourth-order valence-electron chi connectivity index (χ4n) is 1.89. The highest BCUT2D eigenvalue weighted by molar-refractivity contribution is 7.99. The first-order chi connectivity index (χ1) is 11.4. The summed E-state index contributed by atoms with van der Waals surface area (Å²) in [5, 5.41) is 3.06. The van der Waals surface area contributed by atoms with Crippen molar-refractivity contribution in [2.45, 2.75) is 32.5 Å². The van der Waals surface area contributed by atoms with Gasteiger partial charge in [-0.15, -0.1) is 0 Å². The summed E-state index contributed by atoms with van der Waals surface area (Å²) < 4.78 is 29.1. The number of benzene rings is 1. The zero-order valence-electron chi connectivity index (χ0n) is 13.5. The van der Waals surface area contributed by atoms with E-state index in [0.717, 1.165) is 17.0 Å². The highest BCUT2D eigenvalue weighted by atomic mass is 32.2. The molecule has 1 N–H and O–H groups in total. The van der Waals surface area contributed by atoms with Crippen LogP contribution in [0.2, 0.25) is 0 Å². The molecule has 0 atom stereocenters. The third-order valence-electron chi connectivity index (χ3n) is 3.32. The molecule has 0 saturated heterocycles. The third kappa shape index (κ3) is 4.89. The van der Waals surface area contributed by atoms with E-state index in [1.54, 1.807) is 12.1 Å². The number of carbonyl (C=O) groups is 1. The number of para-hydroxylation sites is 2. The third-order valence-corrected chi connectivity index (χ3v) is 4.17. The van der Waals surface area contributed by atoms with E-state index in [1.165, 1.54) is 23.9 Å². The SMILES string of the molecule is Cc1nc(SCC(=O)Nc2ccccc2OC(F)F)nc(C)c1C. The molecule has 1 amide bonds. The van der Waals surface area contributed by atoms with Crippen molar-refractivity contribution in [1.82, 2.24) is 9.97 Å². The van der Waals surface area contributed by atoms with Crippen LogP contribution in [-0.2, 0) is 4.79 Å². The summed E-state index contributed by atoms with van der Waals surface area (Å²) in [6.45, 7) is 2.74. The average molecular weight is 353 g/mol. The van der Waals surface area contributed by atoms with E-state index in [1.807, 2.05) is 20.8 Å². The highest BCUT2D eigenvalue weighted by Crippen LogP contribution is 2.26. The Morgan fingerprint density at radius 2 is 1.83 bits per heavy atom. The van der Waals surface area contributed by atoms with Crippen LogP contribution in [-0.4, -0.2) is 28.2 Å². The molecule has 5 nitrogen and oxygen atoms in total. The van der Waals surface area contributed by atoms with Gasteiger partial charge in [-0.2, -0.15) is 8.78 Å². The number of carbonyl (C=O) groups excluding carboxylic acids is 1. The Labute approximate surface area is 142 Å². The van der Waals surface area contributed by atoms with E-state index in [4.69, 9.17) is 0 Å². The predicted octanol–water partition coefficient (Wildman–Crippen LogP) is 3.73. The number of hydrogen-bond acceptors (Lipinski definition) is 5. The molecule has 0 fully saturated rings. The minimum Gasteiger partial charge on any atom is -0.433 e. The van der Waals surface area contributed by atoms with E-state index >= 15 is 0 Å². The molecule has 0 spiro atoms. The zero-order chi connectivity index (χ0) is 17.7. The number of thioether (sulfide) groups is 1. The number of nitrogens with zero attached hydrogens (tertiary/aromatic N) is 2. The summed E-state index contributed by atoms with van der Waals surface area (Å²) in [6.07, 6.45) is 0. The van der Waals surface area contributed by atoms with Crippen molar-refractivity contribution >= 4 is 23.4 Å². The number of aromatic nitrogens is 2. The molecule has 0 saturated carbocycles. The molecule has 8 heteroatoms. The van der Waals surface area contributed by atoms with Crippen LogP contribution < -0.4 is 10.1 Å². The maximum atomic E-state index is 12.4. The number of hydrogen-bond donors (Lipinski definition) is 1. The van der Waals surface area contributed by atoms with E-state index < -0.39 is 6.61 Å². The highest BCUT2D eigenvalue weighted by Gasteiger charge is 2.13. The number of amides is 1. The lowest BCUT2D eigenvalue weighted by molar-refractivity contribution is -0.113. The Hall–Kier alpha value is -2.22. The number of aryl methyl sites for hydroxylation is 2. The Balaban J connectivity index is 1.99. The lowest BCUT2D eigenvalue weighted by Crippen LogP contribution is -2.16. The fraction of sp³-hybridized carbons (Fsp3) is 0.312. The van der Waals surface area contributed by atoms with Gasteiger partial charge in [0, 0.05) is 11.4 Å². The van der Waals surface area contributed by atoms with Gasteiger partial charge in [0.15, 0.2) is 5.16 Å². The molecule has 0 aliphatic carbocycles. The molecule has 24 heavy (non-hydrogen) atoms. The molecule has 1 heterocycles. The van der Waals surface area contributed by atoms with Crippen LogP contribution in [0.3, 0.4) is 0 Å². The molecule has 0 radical (unpaired) electrons. The predicted molar refractivity (Wildman–Crippen MR) is 88.7 cm³/mol. The largest absolute Gasteiger partial charge is 0.433 e. The summed E-state index contributed by atoms with van der Waals surface area (Å²) >= 11 is 1.18. The molecule has 128 valence electrons. The number of anilines is 1. The smallest absolute Gasteiger partial charge is 0.387 e. The molecule has 0 unspecified atom stereocenters. The quantitative estimate of drug-likeness (QED) is 0.633. The van der Waals surface area contributed by atoms with Crippen LogP contribution in [0.15, 0.2) is 29.4 Å². The summed E-state index contributed by atoms with van der Waals surface area (Å²) in [4.78, 5) is 20.7. The Morgan fingerprint density at radius 3 is 2.46 bits per heavy atom. The van der Waals surface area contributed by atoms with Gasteiger partial charge in [0.05, 0.1) is 11.4 Å². The van der Waals surface area contributed by atoms with E-state index in [2.05, 4.69) is 20.0 Å². The first-order valence-corrected chi connectivity index (χ1v) is 8.13. The van der Waals surface area contributed by atoms with Crippen LogP contribution in [0.1, 0.15) is 17.0 Å². The number of halogens is 2. The zero-order valence-corrected chi connectivity index (χ0v) is 14.3. The number of rotatable bonds is 6. The van der Waals surface area contributed by atoms with Gasteiger partial charge in [0.1, 0.15) is 5.75 Å². The van der Waals surface area contributed by atoms with Crippen molar-refractivity contribution in [1.29, 1.82) is 0 Å². The van der Waals surface area contributed by atoms with Crippen molar-refractivity contribution < 1.29 is 18.3 Å². The fourth-order valence-corrected chi connectivity index (χ4v) is 2.63. The minimum atomic E-state index is -2.95. The Kier molecular flexibility index (Phi) is 6.08. The lowest BCUT2D eigenvalue weighted by Gasteiger charge is -2.11. The van der Waals surface area contributed by atoms with Gasteiger partial charge in [0.25, 0.3) is 0 Å². The van der Waals surface area contributed by atoms with Gasteiger partial charge in [-0.05, 0) is 38.5 Å². The second-order valence-electron chi connectivity index (χ2n) is 5.01. The van der Waals surface area contributed by atoms with Crippen LogP contribution in [0, 0.1) is 20.8 Å². The van der Waals surface area contributed by atoms with Crippen LogP contribution in [0.4, 0.5) is 14.5 Å². The topological polar surface area (TPSA) is 64.1 Å². The summed E-state index contributed by atoms with van der Waals surface area (Å²) in [7, 11) is 0. The number of ether oxygens (including phenoxy) is 1. The first-order valence-electron chi connectivity index (χ1n) is 7.15. The summed E-state index contributed by atoms with van der Waals surface area (Å²) in [5.41, 5.74) is 2.93. The average Bonchev–Trinajstić information content (AvgIpc) is 2.52. The Bertz CT molecular complexity index is 718. The van der Waals surface area contributed by atoms with Gasteiger partial charge < -0.3 is 10.1 Å². The summed E-state index contributed by atoms with van der Waals surface area (Å²) in [5.74, 6) is -0.376. The summed E-state index contributed by atoms with van der Waals surface area (Å²) in [6, 6.07) is 6.03. The van der Waals surface area contributed by atoms with Gasteiger partial charge in [-0.1, -0.05) is 23.9 Å². The maximum Gasteiger partial charge on any atom is 0.387 e. The Morgan fingerprint density at radius 1 is 1.21 bits per heavy atom. The van der Waals surface area contributed by atoms with Crippen LogP contribution >= 0.6 is 11.8 Å². The molecular weight excluding hydrogens is 336 g/mol. The van der Waals surface area contributed by atoms with Crippen LogP contribution in [0.25, 0.3) is 0 Å². The lowest BCUT2D eigenvalue weighted by atomic mass is 10.2.